The Morgan fingerprint density at radius 1 is 1.27 bits per heavy atom. The summed E-state index contributed by atoms with van der Waals surface area (Å²) in [6.07, 6.45) is 4.15. The van der Waals surface area contributed by atoms with Crippen molar-refractivity contribution in [3.63, 3.8) is 0 Å². The number of aromatic nitrogens is 5. The van der Waals surface area contributed by atoms with Gasteiger partial charge in [-0.05, 0) is 51.2 Å². The van der Waals surface area contributed by atoms with Gasteiger partial charge in [0, 0.05) is 37.9 Å². The van der Waals surface area contributed by atoms with Crippen LogP contribution in [0.5, 0.6) is 5.75 Å². The van der Waals surface area contributed by atoms with E-state index < -0.39 is 21.4 Å². The second-order valence-electron chi connectivity index (χ2n) is 8.58. The van der Waals surface area contributed by atoms with Crippen molar-refractivity contribution in [1.29, 1.82) is 0 Å². The van der Waals surface area contributed by atoms with Crippen molar-refractivity contribution in [3.8, 4) is 11.7 Å². The average molecular weight is 561 g/mol. The fourth-order valence-corrected chi connectivity index (χ4v) is 5.67. The third-order valence-corrected chi connectivity index (χ3v) is 7.52. The summed E-state index contributed by atoms with van der Waals surface area (Å²) in [7, 11) is 4.21. The minimum absolute atomic E-state index is 0.235. The maximum Gasteiger partial charge on any atom is 0.252 e. The zero-order valence-electron chi connectivity index (χ0n) is 19.0. The van der Waals surface area contributed by atoms with E-state index in [0.29, 0.717) is 12.0 Å². The Bertz CT molecular complexity index is 1140. The summed E-state index contributed by atoms with van der Waals surface area (Å²) in [5, 5.41) is 7.66. The molecule has 4 heterocycles. The van der Waals surface area contributed by atoms with Gasteiger partial charge in [0.25, 0.3) is 5.95 Å². The Labute approximate surface area is 204 Å². The van der Waals surface area contributed by atoms with Crippen LogP contribution < -0.4 is 8.38 Å². The van der Waals surface area contributed by atoms with Crippen LogP contribution in [0.2, 0.25) is 0 Å². The van der Waals surface area contributed by atoms with Crippen LogP contribution in [0.25, 0.3) is 5.95 Å². The van der Waals surface area contributed by atoms with Gasteiger partial charge in [0.1, 0.15) is 18.3 Å². The lowest BCUT2D eigenvalue weighted by Crippen LogP contribution is -2.35. The van der Waals surface area contributed by atoms with Gasteiger partial charge >= 0.3 is 0 Å². The van der Waals surface area contributed by atoms with E-state index in [1.165, 1.54) is 11.9 Å². The van der Waals surface area contributed by atoms with Crippen LogP contribution in [0.15, 0.2) is 40.1 Å². The highest BCUT2D eigenvalue weighted by Gasteiger charge is 2.33. The van der Waals surface area contributed by atoms with Gasteiger partial charge < -0.3 is 13.3 Å². The molecule has 2 atom stereocenters. The maximum absolute atomic E-state index is 5.68. The topological polar surface area (TPSA) is 96.6 Å². The molecular formula is C22H28IN9O. The molecule has 1 N–H and O–H groups in total. The fourth-order valence-electron chi connectivity index (χ4n) is 4.40. The van der Waals surface area contributed by atoms with Gasteiger partial charge in [-0.1, -0.05) is 6.07 Å². The van der Waals surface area contributed by atoms with Crippen molar-refractivity contribution in [1.82, 2.24) is 39.8 Å². The number of rotatable bonds is 8. The molecule has 2 aliphatic heterocycles. The number of aryl methyl sites for hydroxylation is 1. The molecule has 2 unspecified atom stereocenters. The lowest BCUT2D eigenvalue weighted by molar-refractivity contribution is 0.206. The normalized spacial score (nSPS) is 20.1. The van der Waals surface area contributed by atoms with Gasteiger partial charge in [0.15, 0.2) is 5.75 Å². The molecule has 174 valence electrons. The molecule has 11 heteroatoms. The zero-order chi connectivity index (χ0) is 22.8. The molecule has 0 radical (unpaired) electrons. The summed E-state index contributed by atoms with van der Waals surface area (Å²) in [4.78, 5) is 18.3. The fraction of sp³-hybridized carbons (Fsp3) is 0.455. The number of fused-ring (bicyclic) bond motifs is 1. The molecule has 1 saturated heterocycles. The molecule has 0 aliphatic carbocycles. The Balaban J connectivity index is 1.27. The molecule has 10 nitrogen and oxygen atoms in total. The number of benzene rings is 1. The highest BCUT2D eigenvalue weighted by molar-refractivity contribution is 14.1. The zero-order valence-corrected chi connectivity index (χ0v) is 21.2. The average Bonchev–Trinajstić information content (AvgIpc) is 3.57. The lowest BCUT2D eigenvalue weighted by atomic mass is 10.1. The molecule has 0 saturated carbocycles. The molecule has 2 aromatic heterocycles. The van der Waals surface area contributed by atoms with Gasteiger partial charge in [0.2, 0.25) is 21.4 Å². The quantitative estimate of drug-likeness (QED) is 0.420. The van der Waals surface area contributed by atoms with E-state index in [9.17, 15) is 0 Å². The Kier molecular flexibility index (Phi) is 6.71. The third-order valence-electron chi connectivity index (χ3n) is 6.13. The largest absolute Gasteiger partial charge is 0.417 e. The third kappa shape index (κ3) is 5.10. The van der Waals surface area contributed by atoms with E-state index in [0.717, 1.165) is 55.4 Å². The van der Waals surface area contributed by atoms with Gasteiger partial charge in [-0.25, -0.2) is 15.0 Å². The number of nitrogens with one attached hydrogen (secondary N) is 1. The van der Waals surface area contributed by atoms with E-state index in [1.807, 2.05) is 14.0 Å². The van der Waals surface area contributed by atoms with Crippen LogP contribution in [0.3, 0.4) is 0 Å². The highest BCUT2D eigenvalue weighted by Crippen LogP contribution is 2.39. The predicted molar refractivity (Wildman–Crippen MR) is 133 cm³/mol. The van der Waals surface area contributed by atoms with Crippen molar-refractivity contribution in [3.05, 3.63) is 53.9 Å². The molecule has 0 spiro atoms. The first-order chi connectivity index (χ1) is 16.1. The molecule has 2 aliphatic rings. The summed E-state index contributed by atoms with van der Waals surface area (Å²) in [5.74, 6) is 1.51. The molecule has 3 aromatic rings. The van der Waals surface area contributed by atoms with Crippen LogP contribution in [-0.2, 0) is 6.54 Å². The first-order valence-electron chi connectivity index (χ1n) is 11.0. The summed E-state index contributed by atoms with van der Waals surface area (Å²) in [6.45, 7) is 5.80. The molecule has 33 heavy (non-hydrogen) atoms. The molecule has 5 rings (SSSR count). The van der Waals surface area contributed by atoms with Crippen molar-refractivity contribution in [2.45, 2.75) is 32.0 Å². The van der Waals surface area contributed by atoms with Crippen LogP contribution in [0.4, 0.5) is 5.69 Å². The van der Waals surface area contributed by atoms with Gasteiger partial charge in [-0.15, -0.1) is 0 Å². The molecule has 1 aromatic carbocycles. The highest BCUT2D eigenvalue weighted by atomic mass is 127. The smallest absolute Gasteiger partial charge is 0.252 e. The van der Waals surface area contributed by atoms with Crippen LogP contribution in [-0.4, -0.2) is 74.3 Å². The van der Waals surface area contributed by atoms with E-state index >= 15 is 0 Å². The standard InChI is InChI=1S/C22H28IN9O/c1-15-8-19(28-22(27-15)32-14-25-13-26-32)20-10-17(24-2)12-31(20)7-6-30(3)11-16-4-5-18-21(9-16)33-23-29-18/h4-5,8-9,13-14,17,20,24H,6-7,10-12H2,1-3H3. The van der Waals surface area contributed by atoms with Crippen LogP contribution in [0.1, 0.15) is 29.4 Å². The van der Waals surface area contributed by atoms with E-state index in [1.54, 1.807) is 11.0 Å². The first-order valence-corrected chi connectivity index (χ1v) is 12.9. The second-order valence-corrected chi connectivity index (χ2v) is 9.89. The van der Waals surface area contributed by atoms with Gasteiger partial charge in [0.05, 0.1) is 11.7 Å². The van der Waals surface area contributed by atoms with Gasteiger partial charge in [-0.3, -0.25) is 4.90 Å². The molecule has 0 bridgehead atoms. The van der Waals surface area contributed by atoms with Crippen molar-refractivity contribution in [2.24, 2.45) is 3.15 Å². The SMILES string of the molecule is CNC1CC(c2cc(C)nc(-n3cncn3)n2)N(CCN(C)Cc2ccc3c(c2)OI=N3)C1. The van der Waals surface area contributed by atoms with Crippen molar-refractivity contribution in [2.75, 3.05) is 33.7 Å². The summed E-state index contributed by atoms with van der Waals surface area (Å²) >= 11 is -0.507. The Morgan fingerprint density at radius 2 is 2.18 bits per heavy atom. The van der Waals surface area contributed by atoms with Crippen molar-refractivity contribution < 1.29 is 3.07 Å². The maximum atomic E-state index is 5.68. The molecular weight excluding hydrogens is 533 g/mol. The minimum atomic E-state index is -0.507. The Hall–Kier alpha value is -2.35. The number of hydrogen-bond acceptors (Lipinski definition) is 9. The van der Waals surface area contributed by atoms with Crippen LogP contribution >= 0.6 is 21.4 Å². The Morgan fingerprint density at radius 3 is 3.00 bits per heavy atom. The summed E-state index contributed by atoms with van der Waals surface area (Å²) in [6, 6.07) is 9.13. The van der Waals surface area contributed by atoms with Gasteiger partial charge in [-0.2, -0.15) is 12.9 Å². The van der Waals surface area contributed by atoms with Crippen molar-refractivity contribution >= 4 is 27.1 Å². The molecule has 1 fully saturated rings. The number of likely N-dealkylation sites (tertiary alicyclic amines) is 1. The predicted octanol–water partition coefficient (Wildman–Crippen LogP) is 2.93. The number of likely N-dealkylation sites (N-methyl/N-ethyl adjacent to an activating group) is 2. The van der Waals surface area contributed by atoms with E-state index in [2.05, 4.69) is 64.6 Å². The van der Waals surface area contributed by atoms with E-state index in [4.69, 9.17) is 8.05 Å². The van der Waals surface area contributed by atoms with E-state index in [-0.39, 0.29) is 6.04 Å². The summed E-state index contributed by atoms with van der Waals surface area (Å²) < 4.78 is 11.7. The number of hydrogen-bond donors (Lipinski definition) is 1. The molecule has 0 amide bonds. The number of nitrogens with zero attached hydrogens (tertiary/aromatic N) is 8. The monoisotopic (exact) mass is 561 g/mol. The second kappa shape index (κ2) is 9.87. The summed E-state index contributed by atoms with van der Waals surface area (Å²) in [5.41, 5.74) is 4.23. The van der Waals surface area contributed by atoms with Crippen LogP contribution in [0, 0.1) is 6.92 Å². The minimum Gasteiger partial charge on any atom is -0.417 e. The number of halogens is 1. The lowest BCUT2D eigenvalue weighted by Gasteiger charge is -2.27. The first kappa shape index (κ1) is 22.4.